The largest absolute Gasteiger partial charge is 0.100 e. The molecular weight excluding hydrogens is 144 g/mol. The van der Waals surface area contributed by atoms with Gasteiger partial charge in [-0.25, -0.2) is 0 Å². The Morgan fingerprint density at radius 1 is 1.00 bits per heavy atom. The van der Waals surface area contributed by atoms with E-state index in [9.17, 15) is 0 Å². The molecule has 0 N–H and O–H groups in total. The molecule has 12 heavy (non-hydrogen) atoms. The predicted molar refractivity (Wildman–Crippen MR) is 57.3 cm³/mol. The Morgan fingerprint density at radius 2 is 1.33 bits per heavy atom. The first-order valence-electron chi connectivity index (χ1n) is 4.81. The summed E-state index contributed by atoms with van der Waals surface area (Å²) in [6.45, 7) is 14.3. The normalized spacial score (nSPS) is 10.3. The Hall–Kier alpha value is -0.520. The lowest BCUT2D eigenvalue weighted by Gasteiger charge is -2.10. The van der Waals surface area contributed by atoms with E-state index in [0.717, 1.165) is 5.92 Å². The summed E-state index contributed by atoms with van der Waals surface area (Å²) < 4.78 is 0. The van der Waals surface area contributed by atoms with Crippen LogP contribution in [0.15, 0.2) is 24.3 Å². The fraction of sp³-hybridized carbons (Fsp3) is 0.667. The Kier molecular flexibility index (Phi) is 5.79. The Labute approximate surface area is 77.4 Å². The van der Waals surface area contributed by atoms with E-state index >= 15 is 0 Å². The maximum atomic E-state index is 3.90. The molecular formula is C12H22. The van der Waals surface area contributed by atoms with Crippen molar-refractivity contribution in [3.63, 3.8) is 0 Å². The zero-order valence-corrected chi connectivity index (χ0v) is 8.82. The predicted octanol–water partition coefficient (Wildman–Crippen LogP) is 4.34. The molecule has 0 rings (SSSR count). The zero-order valence-electron chi connectivity index (χ0n) is 8.82. The second kappa shape index (κ2) is 6.05. The Morgan fingerprint density at radius 3 is 1.58 bits per heavy atom. The average Bonchev–Trinajstić information content (AvgIpc) is 1.96. The van der Waals surface area contributed by atoms with E-state index in [0.29, 0.717) is 0 Å². The van der Waals surface area contributed by atoms with Gasteiger partial charge < -0.3 is 0 Å². The molecule has 0 heterocycles. The molecule has 0 heteroatoms. The van der Waals surface area contributed by atoms with E-state index in [-0.39, 0.29) is 0 Å². The van der Waals surface area contributed by atoms with Gasteiger partial charge in [-0.2, -0.15) is 0 Å². The lowest BCUT2D eigenvalue weighted by atomic mass is 9.96. The second-order valence-corrected chi connectivity index (χ2v) is 4.10. The Balaban J connectivity index is 3.39. The van der Waals surface area contributed by atoms with E-state index in [1.807, 2.05) is 0 Å². The summed E-state index contributed by atoms with van der Waals surface area (Å²) in [5.41, 5.74) is 2.61. The van der Waals surface area contributed by atoms with Gasteiger partial charge in [0.15, 0.2) is 0 Å². The van der Waals surface area contributed by atoms with Crippen molar-refractivity contribution < 1.29 is 0 Å². The molecule has 0 amide bonds. The molecule has 0 radical (unpaired) electrons. The highest BCUT2D eigenvalue weighted by Gasteiger charge is 2.01. The van der Waals surface area contributed by atoms with Crippen LogP contribution in [0.3, 0.4) is 0 Å². The van der Waals surface area contributed by atoms with Crippen LogP contribution in [0.25, 0.3) is 0 Å². The van der Waals surface area contributed by atoms with Crippen LogP contribution >= 0.6 is 0 Å². The highest BCUT2D eigenvalue weighted by molar-refractivity contribution is 4.90. The molecule has 0 aliphatic carbocycles. The van der Waals surface area contributed by atoms with Crippen LogP contribution in [-0.2, 0) is 0 Å². The molecule has 0 unspecified atom stereocenters. The van der Waals surface area contributed by atoms with Crippen molar-refractivity contribution in [3.8, 4) is 0 Å². The van der Waals surface area contributed by atoms with Gasteiger partial charge in [-0.15, -0.1) is 13.2 Å². The van der Waals surface area contributed by atoms with Gasteiger partial charge in [-0.05, 0) is 45.4 Å². The third kappa shape index (κ3) is 7.59. The van der Waals surface area contributed by atoms with Crippen LogP contribution < -0.4 is 0 Å². The van der Waals surface area contributed by atoms with Crippen LogP contribution in [0.4, 0.5) is 0 Å². The molecule has 0 spiro atoms. The van der Waals surface area contributed by atoms with E-state index in [4.69, 9.17) is 0 Å². The molecule has 0 aliphatic heterocycles. The average molecular weight is 166 g/mol. The van der Waals surface area contributed by atoms with Crippen LogP contribution in [-0.4, -0.2) is 0 Å². The van der Waals surface area contributed by atoms with Crippen LogP contribution in [0.2, 0.25) is 0 Å². The number of allylic oxidation sites excluding steroid dienone is 2. The van der Waals surface area contributed by atoms with Crippen molar-refractivity contribution in [3.05, 3.63) is 24.3 Å². The monoisotopic (exact) mass is 166 g/mol. The summed E-state index contributed by atoms with van der Waals surface area (Å²) in [5, 5.41) is 0. The summed E-state index contributed by atoms with van der Waals surface area (Å²) in [6.07, 6.45) is 4.92. The van der Waals surface area contributed by atoms with Gasteiger partial charge in [-0.1, -0.05) is 18.1 Å². The molecule has 0 fully saturated rings. The topological polar surface area (TPSA) is 0 Å². The zero-order chi connectivity index (χ0) is 9.56. The van der Waals surface area contributed by atoms with E-state index in [2.05, 4.69) is 33.9 Å². The molecule has 0 aromatic carbocycles. The van der Waals surface area contributed by atoms with Crippen molar-refractivity contribution in [1.82, 2.24) is 0 Å². The van der Waals surface area contributed by atoms with Gasteiger partial charge in [0.05, 0.1) is 0 Å². The quantitative estimate of drug-likeness (QED) is 0.515. The van der Waals surface area contributed by atoms with Gasteiger partial charge in [0.25, 0.3) is 0 Å². The minimum atomic E-state index is 0.818. The maximum absolute atomic E-state index is 3.90. The van der Waals surface area contributed by atoms with Crippen LogP contribution in [0, 0.1) is 5.92 Å². The molecule has 0 nitrogen and oxygen atoms in total. The van der Waals surface area contributed by atoms with Gasteiger partial charge in [-0.3, -0.25) is 0 Å². The smallest absolute Gasteiger partial charge is 0.0323 e. The minimum Gasteiger partial charge on any atom is -0.100 e. The first kappa shape index (κ1) is 11.5. The first-order chi connectivity index (χ1) is 5.52. The van der Waals surface area contributed by atoms with Crippen LogP contribution in [0.5, 0.6) is 0 Å². The van der Waals surface area contributed by atoms with Gasteiger partial charge in [0, 0.05) is 0 Å². The highest BCUT2D eigenvalue weighted by atomic mass is 14.1. The lowest BCUT2D eigenvalue weighted by molar-refractivity contribution is 0.491. The summed E-state index contributed by atoms with van der Waals surface area (Å²) in [6, 6.07) is 0. The maximum Gasteiger partial charge on any atom is -0.0323 e. The number of rotatable bonds is 6. The summed E-state index contributed by atoms with van der Waals surface area (Å²) in [5.74, 6) is 0.818. The van der Waals surface area contributed by atoms with Crippen molar-refractivity contribution in [2.45, 2.75) is 46.5 Å². The van der Waals surface area contributed by atoms with E-state index < -0.39 is 0 Å². The molecule has 0 saturated carbocycles. The van der Waals surface area contributed by atoms with Crippen LogP contribution in [0.1, 0.15) is 46.5 Å². The van der Waals surface area contributed by atoms with Gasteiger partial charge >= 0.3 is 0 Å². The van der Waals surface area contributed by atoms with Crippen molar-refractivity contribution in [1.29, 1.82) is 0 Å². The molecule has 0 bridgehead atoms. The molecule has 0 aliphatic rings. The number of hydrogen-bond donors (Lipinski definition) is 0. The molecule has 0 aromatic heterocycles. The molecule has 0 aromatic rings. The standard InChI is InChI=1S/C12H22/c1-10(2)6-8-12(5)9-7-11(3)4/h12H,1,3,6-9H2,2,4-5H3. The third-order valence-corrected chi connectivity index (χ3v) is 2.13. The lowest BCUT2D eigenvalue weighted by Crippen LogP contribution is -1.95. The number of hydrogen-bond acceptors (Lipinski definition) is 0. The van der Waals surface area contributed by atoms with Crippen molar-refractivity contribution >= 4 is 0 Å². The Bertz CT molecular complexity index is 135. The van der Waals surface area contributed by atoms with Gasteiger partial charge in [0.2, 0.25) is 0 Å². The molecule has 0 atom stereocenters. The third-order valence-electron chi connectivity index (χ3n) is 2.13. The summed E-state index contributed by atoms with van der Waals surface area (Å²) in [7, 11) is 0. The van der Waals surface area contributed by atoms with Crippen molar-refractivity contribution in [2.75, 3.05) is 0 Å². The molecule has 0 saturated heterocycles. The SMILES string of the molecule is C=C(C)CCC(C)CCC(=C)C. The summed E-state index contributed by atoms with van der Waals surface area (Å²) in [4.78, 5) is 0. The van der Waals surface area contributed by atoms with E-state index in [1.165, 1.54) is 36.8 Å². The summed E-state index contributed by atoms with van der Waals surface area (Å²) >= 11 is 0. The fourth-order valence-electron chi connectivity index (χ4n) is 1.13. The second-order valence-electron chi connectivity index (χ2n) is 4.10. The highest BCUT2D eigenvalue weighted by Crippen LogP contribution is 2.17. The molecule has 70 valence electrons. The van der Waals surface area contributed by atoms with Crippen molar-refractivity contribution in [2.24, 2.45) is 5.92 Å². The van der Waals surface area contributed by atoms with Gasteiger partial charge in [0.1, 0.15) is 0 Å². The fourth-order valence-corrected chi connectivity index (χ4v) is 1.13. The van der Waals surface area contributed by atoms with E-state index in [1.54, 1.807) is 0 Å². The minimum absolute atomic E-state index is 0.818. The first-order valence-corrected chi connectivity index (χ1v) is 4.81.